The first-order valence-corrected chi connectivity index (χ1v) is 5.39. The lowest BCUT2D eigenvalue weighted by atomic mass is 10.1. The predicted molar refractivity (Wildman–Crippen MR) is 63.4 cm³/mol. The van der Waals surface area contributed by atoms with E-state index in [1.165, 1.54) is 0 Å². The van der Waals surface area contributed by atoms with E-state index in [0.29, 0.717) is 5.92 Å². The Morgan fingerprint density at radius 1 is 1.12 bits per heavy atom. The van der Waals surface area contributed by atoms with Gasteiger partial charge in [0.25, 0.3) is 0 Å². The molecule has 0 unspecified atom stereocenters. The van der Waals surface area contributed by atoms with E-state index in [2.05, 4.69) is 23.8 Å². The van der Waals surface area contributed by atoms with Crippen LogP contribution in [0.5, 0.6) is 0 Å². The van der Waals surface area contributed by atoms with Gasteiger partial charge in [-0.2, -0.15) is 0 Å². The summed E-state index contributed by atoms with van der Waals surface area (Å²) in [6.07, 6.45) is 1.61. The molecule has 0 N–H and O–H groups in total. The molecule has 3 nitrogen and oxygen atoms in total. The van der Waals surface area contributed by atoms with Gasteiger partial charge in [-0.3, -0.25) is 0 Å². The first kappa shape index (κ1) is 9.33. The quantitative estimate of drug-likeness (QED) is 0.619. The van der Waals surface area contributed by atoms with Crippen LogP contribution in [0.4, 0.5) is 0 Å². The summed E-state index contributed by atoms with van der Waals surface area (Å²) in [4.78, 5) is 8.60. The molecule has 0 amide bonds. The fraction of sp³-hybridized carbons (Fsp3) is 0.231. The molecule has 1 aromatic carbocycles. The Morgan fingerprint density at radius 3 is 2.75 bits per heavy atom. The van der Waals surface area contributed by atoms with E-state index in [9.17, 15) is 0 Å². The number of aromatic nitrogens is 2. The predicted octanol–water partition coefficient (Wildman–Crippen LogP) is 3.50. The number of nitrogens with zero attached hydrogens (tertiary/aromatic N) is 2. The Balaban J connectivity index is 2.49. The fourth-order valence-corrected chi connectivity index (χ4v) is 1.95. The van der Waals surface area contributed by atoms with Crippen molar-refractivity contribution >= 4 is 22.1 Å². The molecule has 16 heavy (non-hydrogen) atoms. The zero-order valence-electron chi connectivity index (χ0n) is 9.27. The molecule has 3 heteroatoms. The average molecular weight is 212 g/mol. The Morgan fingerprint density at radius 2 is 1.94 bits per heavy atom. The number of hydrogen-bond donors (Lipinski definition) is 0. The molecule has 0 aliphatic carbocycles. The molecule has 2 heterocycles. The van der Waals surface area contributed by atoms with Crippen molar-refractivity contribution in [2.75, 3.05) is 0 Å². The van der Waals surface area contributed by atoms with Gasteiger partial charge in [0.1, 0.15) is 17.4 Å². The van der Waals surface area contributed by atoms with Crippen molar-refractivity contribution in [2.24, 2.45) is 0 Å². The number of hydrogen-bond acceptors (Lipinski definition) is 3. The lowest BCUT2D eigenvalue weighted by Crippen LogP contribution is -1.93. The Bertz CT molecular complexity index is 655. The monoisotopic (exact) mass is 212 g/mol. The van der Waals surface area contributed by atoms with E-state index in [4.69, 9.17) is 4.42 Å². The van der Waals surface area contributed by atoms with Crippen LogP contribution in [0.25, 0.3) is 22.1 Å². The highest BCUT2D eigenvalue weighted by Gasteiger charge is 2.14. The molecule has 0 atom stereocenters. The number of para-hydroxylation sites is 1. The number of benzene rings is 1. The van der Waals surface area contributed by atoms with Gasteiger partial charge < -0.3 is 4.42 Å². The van der Waals surface area contributed by atoms with E-state index in [1.807, 2.05) is 24.3 Å². The third kappa shape index (κ3) is 1.21. The Hall–Kier alpha value is -1.90. The van der Waals surface area contributed by atoms with Crippen LogP contribution in [0.2, 0.25) is 0 Å². The van der Waals surface area contributed by atoms with E-state index < -0.39 is 0 Å². The summed E-state index contributed by atoms with van der Waals surface area (Å²) in [5.41, 5.74) is 3.58. The Labute approximate surface area is 93.1 Å². The van der Waals surface area contributed by atoms with Crippen molar-refractivity contribution in [3.63, 3.8) is 0 Å². The van der Waals surface area contributed by atoms with Crippen LogP contribution in [0, 0.1) is 0 Å². The molecule has 3 rings (SSSR count). The second kappa shape index (κ2) is 3.30. The van der Waals surface area contributed by atoms with Crippen LogP contribution < -0.4 is 0 Å². The zero-order valence-corrected chi connectivity index (χ0v) is 9.27. The van der Waals surface area contributed by atoms with E-state index in [1.54, 1.807) is 6.33 Å². The van der Waals surface area contributed by atoms with Crippen LogP contribution in [0.1, 0.15) is 25.5 Å². The summed E-state index contributed by atoms with van der Waals surface area (Å²) in [5, 5.41) is 1.06. The summed E-state index contributed by atoms with van der Waals surface area (Å²) < 4.78 is 5.82. The molecule has 80 valence electrons. The second-order valence-corrected chi connectivity index (χ2v) is 4.19. The largest absolute Gasteiger partial charge is 0.452 e. The average Bonchev–Trinajstić information content (AvgIpc) is 2.67. The van der Waals surface area contributed by atoms with Gasteiger partial charge in [-0.1, -0.05) is 26.0 Å². The minimum absolute atomic E-state index is 0.339. The molecule has 0 aliphatic heterocycles. The van der Waals surface area contributed by atoms with Gasteiger partial charge in [-0.05, 0) is 18.1 Å². The number of fused-ring (bicyclic) bond motifs is 3. The van der Waals surface area contributed by atoms with Crippen LogP contribution in [-0.2, 0) is 0 Å². The zero-order chi connectivity index (χ0) is 11.1. The van der Waals surface area contributed by atoms with Gasteiger partial charge in [0, 0.05) is 5.39 Å². The van der Waals surface area contributed by atoms with Crippen molar-refractivity contribution in [3.05, 3.63) is 36.3 Å². The first-order chi connectivity index (χ1) is 7.77. The molecule has 0 saturated heterocycles. The lowest BCUT2D eigenvalue weighted by Gasteiger charge is -2.02. The van der Waals surface area contributed by atoms with E-state index in [0.717, 1.165) is 27.8 Å². The highest BCUT2D eigenvalue weighted by molar-refractivity contribution is 6.02. The van der Waals surface area contributed by atoms with E-state index in [-0.39, 0.29) is 0 Å². The summed E-state index contributed by atoms with van der Waals surface area (Å²) in [6, 6.07) is 7.95. The highest BCUT2D eigenvalue weighted by Crippen LogP contribution is 2.30. The molecule has 0 spiro atoms. The molecule has 0 fully saturated rings. The maximum absolute atomic E-state index is 5.82. The SMILES string of the molecule is CC(C)c1ncnc2c1oc1ccccc12. The fourth-order valence-electron chi connectivity index (χ4n) is 1.95. The van der Waals surface area contributed by atoms with Gasteiger partial charge in [0.05, 0.1) is 5.69 Å². The van der Waals surface area contributed by atoms with E-state index >= 15 is 0 Å². The normalized spacial score (nSPS) is 11.7. The summed E-state index contributed by atoms with van der Waals surface area (Å²) in [6.45, 7) is 4.21. The van der Waals surface area contributed by atoms with Crippen molar-refractivity contribution in [1.29, 1.82) is 0 Å². The highest BCUT2D eigenvalue weighted by atomic mass is 16.3. The summed E-state index contributed by atoms with van der Waals surface area (Å²) >= 11 is 0. The summed E-state index contributed by atoms with van der Waals surface area (Å²) in [5.74, 6) is 0.339. The van der Waals surface area contributed by atoms with Gasteiger partial charge in [-0.15, -0.1) is 0 Å². The number of rotatable bonds is 1. The molecule has 0 saturated carbocycles. The minimum Gasteiger partial charge on any atom is -0.452 e. The minimum atomic E-state index is 0.339. The van der Waals surface area contributed by atoms with Gasteiger partial charge in [0.15, 0.2) is 5.58 Å². The first-order valence-electron chi connectivity index (χ1n) is 5.39. The maximum atomic E-state index is 5.82. The Kier molecular flexibility index (Phi) is 1.93. The van der Waals surface area contributed by atoms with Crippen molar-refractivity contribution in [3.8, 4) is 0 Å². The molecule has 0 bridgehead atoms. The van der Waals surface area contributed by atoms with Gasteiger partial charge in [-0.25, -0.2) is 9.97 Å². The lowest BCUT2D eigenvalue weighted by molar-refractivity contribution is 0.648. The van der Waals surface area contributed by atoms with Crippen LogP contribution in [0.3, 0.4) is 0 Å². The maximum Gasteiger partial charge on any atom is 0.175 e. The van der Waals surface area contributed by atoms with Crippen molar-refractivity contribution in [2.45, 2.75) is 19.8 Å². The van der Waals surface area contributed by atoms with Crippen LogP contribution in [-0.4, -0.2) is 9.97 Å². The third-order valence-electron chi connectivity index (χ3n) is 2.73. The third-order valence-corrected chi connectivity index (χ3v) is 2.73. The topological polar surface area (TPSA) is 38.9 Å². The molecule has 3 aromatic rings. The van der Waals surface area contributed by atoms with Gasteiger partial charge in [0.2, 0.25) is 0 Å². The molecule has 0 radical (unpaired) electrons. The second-order valence-electron chi connectivity index (χ2n) is 4.19. The van der Waals surface area contributed by atoms with Crippen molar-refractivity contribution in [1.82, 2.24) is 9.97 Å². The standard InChI is InChI=1S/C13H12N2O/c1-8(2)11-13-12(15-7-14-11)9-5-3-4-6-10(9)16-13/h3-8H,1-2H3. The van der Waals surface area contributed by atoms with Crippen LogP contribution in [0.15, 0.2) is 35.0 Å². The molecule has 2 aromatic heterocycles. The van der Waals surface area contributed by atoms with Gasteiger partial charge >= 0.3 is 0 Å². The summed E-state index contributed by atoms with van der Waals surface area (Å²) in [7, 11) is 0. The number of furan rings is 1. The molecular weight excluding hydrogens is 200 g/mol. The van der Waals surface area contributed by atoms with Crippen molar-refractivity contribution < 1.29 is 4.42 Å². The molecular formula is C13H12N2O. The van der Waals surface area contributed by atoms with Crippen LogP contribution >= 0.6 is 0 Å². The smallest absolute Gasteiger partial charge is 0.175 e. The molecule has 0 aliphatic rings.